The van der Waals surface area contributed by atoms with Crippen LogP contribution >= 0.6 is 0 Å². The molecule has 0 aliphatic carbocycles. The summed E-state index contributed by atoms with van der Waals surface area (Å²) in [5.41, 5.74) is 20.4. The lowest BCUT2D eigenvalue weighted by Gasteiger charge is -2.18. The first kappa shape index (κ1) is 45.6. The second-order valence-corrected chi connectivity index (χ2v) is 20.3. The standard InChI is InChI=1S/C74H55N/c1-48(2)49(3)69-45-58(38-40-63(69)50(4)62-30-16-22-54-19-10-12-26-64(54)62)59-39-41-73-71(46-59)72-47-70(67-28-14-15-29-68(67)74(72)75(73)61-24-6-5-7-25-61)56-36-32-51(33-37-56)42-60(66-31-17-23-55-20-11-13-27-65(55)66)44-52-34-35-53-18-8-9-21-57(53)43-52/h5-43,45-47H,4,44H2,1-3H3/b60-42-. The van der Waals surface area contributed by atoms with E-state index in [9.17, 15) is 0 Å². The first-order valence-corrected chi connectivity index (χ1v) is 26.1. The number of fused-ring (bicyclic) bond motifs is 8. The highest BCUT2D eigenvalue weighted by Crippen LogP contribution is 2.44. The molecule has 13 rings (SSSR count). The molecule has 356 valence electrons. The molecule has 0 aliphatic heterocycles. The summed E-state index contributed by atoms with van der Waals surface area (Å²) in [6.07, 6.45) is 3.21. The minimum Gasteiger partial charge on any atom is -0.309 e. The molecule has 1 heteroatoms. The van der Waals surface area contributed by atoms with Crippen molar-refractivity contribution in [3.8, 4) is 27.9 Å². The number of aromatic nitrogens is 1. The fraction of sp³-hybridized carbons (Fsp3) is 0.0541. The van der Waals surface area contributed by atoms with Crippen LogP contribution in [0.15, 0.2) is 261 Å². The summed E-state index contributed by atoms with van der Waals surface area (Å²) in [4.78, 5) is 0. The Bertz CT molecular complexity index is 4450. The van der Waals surface area contributed by atoms with Crippen LogP contribution in [-0.2, 0) is 6.42 Å². The molecular formula is C74H55N. The molecule has 1 aromatic heterocycles. The molecule has 0 unspecified atom stereocenters. The van der Waals surface area contributed by atoms with Gasteiger partial charge in [-0.15, -0.1) is 0 Å². The normalized spacial score (nSPS) is 11.9. The zero-order valence-electron chi connectivity index (χ0n) is 42.6. The summed E-state index contributed by atoms with van der Waals surface area (Å²) >= 11 is 0. The molecule has 0 N–H and O–H groups in total. The number of para-hydroxylation sites is 1. The van der Waals surface area contributed by atoms with Crippen LogP contribution in [0.5, 0.6) is 0 Å². The van der Waals surface area contributed by atoms with Crippen molar-refractivity contribution in [3.05, 3.63) is 294 Å². The van der Waals surface area contributed by atoms with Crippen molar-refractivity contribution in [2.45, 2.75) is 27.2 Å². The minimum absolute atomic E-state index is 0.815. The Morgan fingerprint density at radius 3 is 1.72 bits per heavy atom. The van der Waals surface area contributed by atoms with Crippen LogP contribution in [0.3, 0.4) is 0 Å². The minimum atomic E-state index is 0.815. The SMILES string of the molecule is C=C(c1ccc(-c2ccc3c(c2)c2cc(-c4ccc(/C=C(/Cc5ccc6ccccc6c5)c5cccc6ccccc56)cc4)c4ccccc4c2n3-c2ccccc2)cc1C(C)=C(C)C)c1cccc2ccccc12. The van der Waals surface area contributed by atoms with E-state index in [1.54, 1.807) is 0 Å². The Labute approximate surface area is 439 Å². The van der Waals surface area contributed by atoms with E-state index in [-0.39, 0.29) is 0 Å². The van der Waals surface area contributed by atoms with Crippen LogP contribution in [-0.4, -0.2) is 4.57 Å². The van der Waals surface area contributed by atoms with Gasteiger partial charge >= 0.3 is 0 Å². The summed E-state index contributed by atoms with van der Waals surface area (Å²) in [6, 6.07) is 91.6. The Hall–Kier alpha value is -9.30. The molecule has 0 fully saturated rings. The molecule has 0 bridgehead atoms. The topological polar surface area (TPSA) is 4.93 Å². The Morgan fingerprint density at radius 2 is 0.987 bits per heavy atom. The van der Waals surface area contributed by atoms with E-state index in [0.29, 0.717) is 0 Å². The van der Waals surface area contributed by atoms with Gasteiger partial charge in [0.1, 0.15) is 0 Å². The van der Waals surface area contributed by atoms with E-state index in [1.165, 1.54) is 126 Å². The van der Waals surface area contributed by atoms with Crippen molar-refractivity contribution in [3.63, 3.8) is 0 Å². The zero-order valence-corrected chi connectivity index (χ0v) is 42.6. The molecule has 0 spiro atoms. The van der Waals surface area contributed by atoms with Crippen LogP contribution in [0.1, 0.15) is 54.2 Å². The fourth-order valence-electron chi connectivity index (χ4n) is 11.6. The summed E-state index contributed by atoms with van der Waals surface area (Å²) in [5.74, 6) is 0. The van der Waals surface area contributed by atoms with E-state index in [1.807, 2.05) is 0 Å². The first-order chi connectivity index (χ1) is 36.8. The van der Waals surface area contributed by atoms with Gasteiger partial charge in [-0.05, 0) is 174 Å². The first-order valence-electron chi connectivity index (χ1n) is 26.1. The monoisotopic (exact) mass is 957 g/mol. The zero-order chi connectivity index (χ0) is 50.6. The van der Waals surface area contributed by atoms with Crippen molar-refractivity contribution in [2.24, 2.45) is 0 Å². The van der Waals surface area contributed by atoms with Crippen LogP contribution in [0.4, 0.5) is 0 Å². The van der Waals surface area contributed by atoms with Crippen molar-refractivity contribution < 1.29 is 0 Å². The maximum absolute atomic E-state index is 4.75. The van der Waals surface area contributed by atoms with Gasteiger partial charge in [-0.3, -0.25) is 0 Å². The van der Waals surface area contributed by atoms with Gasteiger partial charge < -0.3 is 4.57 Å². The van der Waals surface area contributed by atoms with Gasteiger partial charge in [0.15, 0.2) is 0 Å². The number of hydrogen-bond donors (Lipinski definition) is 0. The average molecular weight is 958 g/mol. The summed E-state index contributed by atoms with van der Waals surface area (Å²) < 4.78 is 2.47. The molecule has 1 heterocycles. The lowest BCUT2D eigenvalue weighted by atomic mass is 9.86. The predicted molar refractivity (Wildman–Crippen MR) is 325 cm³/mol. The van der Waals surface area contributed by atoms with Gasteiger partial charge in [0.05, 0.1) is 11.0 Å². The molecule has 12 aromatic carbocycles. The van der Waals surface area contributed by atoms with Crippen LogP contribution in [0, 0.1) is 0 Å². The third-order valence-electron chi connectivity index (χ3n) is 15.6. The highest BCUT2D eigenvalue weighted by atomic mass is 15.0. The van der Waals surface area contributed by atoms with Crippen LogP contribution in [0.25, 0.3) is 116 Å². The van der Waals surface area contributed by atoms with Gasteiger partial charge in [0.25, 0.3) is 0 Å². The van der Waals surface area contributed by atoms with E-state index < -0.39 is 0 Å². The molecular weight excluding hydrogens is 903 g/mol. The van der Waals surface area contributed by atoms with E-state index in [4.69, 9.17) is 6.58 Å². The number of hydrogen-bond acceptors (Lipinski definition) is 0. The van der Waals surface area contributed by atoms with Crippen LogP contribution in [0.2, 0.25) is 0 Å². The van der Waals surface area contributed by atoms with Gasteiger partial charge in [-0.25, -0.2) is 0 Å². The van der Waals surface area contributed by atoms with Gasteiger partial charge in [-0.2, -0.15) is 0 Å². The number of allylic oxidation sites excluding steroid dienone is 3. The average Bonchev–Trinajstić information content (AvgIpc) is 3.81. The van der Waals surface area contributed by atoms with Crippen molar-refractivity contribution in [1.82, 2.24) is 4.57 Å². The molecule has 0 amide bonds. The molecule has 1 nitrogen and oxygen atoms in total. The fourth-order valence-corrected chi connectivity index (χ4v) is 11.6. The van der Waals surface area contributed by atoms with E-state index >= 15 is 0 Å². The lowest BCUT2D eigenvalue weighted by Crippen LogP contribution is -1.96. The van der Waals surface area contributed by atoms with Crippen molar-refractivity contribution in [2.75, 3.05) is 0 Å². The summed E-state index contributed by atoms with van der Waals surface area (Å²) in [7, 11) is 0. The third-order valence-corrected chi connectivity index (χ3v) is 15.6. The van der Waals surface area contributed by atoms with Crippen molar-refractivity contribution in [1.29, 1.82) is 0 Å². The molecule has 13 aromatic rings. The van der Waals surface area contributed by atoms with Crippen molar-refractivity contribution >= 4 is 87.7 Å². The second-order valence-electron chi connectivity index (χ2n) is 20.3. The van der Waals surface area contributed by atoms with Gasteiger partial charge in [-0.1, -0.05) is 231 Å². The van der Waals surface area contributed by atoms with Gasteiger partial charge in [0.2, 0.25) is 0 Å². The van der Waals surface area contributed by atoms with Gasteiger partial charge in [0, 0.05) is 21.8 Å². The molecule has 0 aliphatic rings. The molecule has 75 heavy (non-hydrogen) atoms. The lowest BCUT2D eigenvalue weighted by molar-refractivity contribution is 1.19. The maximum Gasteiger partial charge on any atom is 0.0619 e. The largest absolute Gasteiger partial charge is 0.309 e. The highest BCUT2D eigenvalue weighted by Gasteiger charge is 2.21. The van der Waals surface area contributed by atoms with E-state index in [0.717, 1.165) is 28.8 Å². The predicted octanol–water partition coefficient (Wildman–Crippen LogP) is 20.4. The Balaban J connectivity index is 0.952. The molecule has 0 atom stereocenters. The molecule has 0 saturated carbocycles. The quantitative estimate of drug-likeness (QED) is 0.120. The Kier molecular flexibility index (Phi) is 11.5. The molecule has 0 saturated heterocycles. The van der Waals surface area contributed by atoms with E-state index in [2.05, 4.69) is 280 Å². The maximum atomic E-state index is 4.75. The summed E-state index contributed by atoms with van der Waals surface area (Å²) in [6.45, 7) is 11.4. The highest BCUT2D eigenvalue weighted by molar-refractivity contribution is 6.22. The van der Waals surface area contributed by atoms with Crippen LogP contribution < -0.4 is 0 Å². The second kappa shape index (κ2) is 19.0. The number of nitrogens with zero attached hydrogens (tertiary/aromatic N) is 1. The third kappa shape index (κ3) is 8.24. The Morgan fingerprint density at radius 1 is 0.400 bits per heavy atom. The summed E-state index contributed by atoms with van der Waals surface area (Å²) in [5, 5.41) is 12.4. The number of benzene rings is 12. The number of rotatable bonds is 10. The smallest absolute Gasteiger partial charge is 0.0619 e. The molecule has 0 radical (unpaired) electrons.